The highest BCUT2D eigenvalue weighted by atomic mass is 35.5. The number of ether oxygens (including phenoxy) is 1. The summed E-state index contributed by atoms with van der Waals surface area (Å²) in [7, 11) is 1.64. The SMILES string of the molecule is COCc1cc(-c2cc(C(=O)NC3C4(C)CCC(C4)C3(C)C)[nH]n2)ccc1Cl. The molecule has 2 aromatic rings. The van der Waals surface area contributed by atoms with Gasteiger partial charge in [-0.15, -0.1) is 0 Å². The van der Waals surface area contributed by atoms with Crippen molar-refractivity contribution in [2.75, 3.05) is 7.11 Å². The van der Waals surface area contributed by atoms with Gasteiger partial charge in [-0.05, 0) is 59.8 Å². The Morgan fingerprint density at radius 3 is 2.82 bits per heavy atom. The molecule has 0 saturated heterocycles. The third-order valence-corrected chi connectivity index (χ3v) is 7.38. The Bertz CT molecular complexity index is 902. The first-order valence-electron chi connectivity index (χ1n) is 9.88. The minimum Gasteiger partial charge on any atom is -0.380 e. The smallest absolute Gasteiger partial charge is 0.269 e. The number of fused-ring (bicyclic) bond motifs is 2. The summed E-state index contributed by atoms with van der Waals surface area (Å²) < 4.78 is 5.19. The van der Waals surface area contributed by atoms with Crippen molar-refractivity contribution in [3.8, 4) is 11.3 Å². The monoisotopic (exact) mass is 401 g/mol. The summed E-state index contributed by atoms with van der Waals surface area (Å²) in [5.41, 5.74) is 3.32. The maximum Gasteiger partial charge on any atom is 0.269 e. The number of nitrogens with zero attached hydrogens (tertiary/aromatic N) is 1. The fourth-order valence-electron chi connectivity index (χ4n) is 5.46. The Morgan fingerprint density at radius 1 is 1.36 bits per heavy atom. The number of methoxy groups -OCH3 is 1. The van der Waals surface area contributed by atoms with Crippen molar-refractivity contribution >= 4 is 17.5 Å². The number of carbonyl (C=O) groups excluding carboxylic acids is 1. The minimum absolute atomic E-state index is 0.0864. The van der Waals surface area contributed by atoms with E-state index >= 15 is 0 Å². The average molecular weight is 402 g/mol. The molecule has 1 aromatic carbocycles. The van der Waals surface area contributed by atoms with E-state index in [0.717, 1.165) is 16.8 Å². The van der Waals surface area contributed by atoms with E-state index in [1.54, 1.807) is 13.2 Å². The van der Waals surface area contributed by atoms with Gasteiger partial charge in [0, 0.05) is 23.7 Å². The first-order valence-corrected chi connectivity index (χ1v) is 10.3. The van der Waals surface area contributed by atoms with Crippen molar-refractivity contribution in [1.29, 1.82) is 0 Å². The topological polar surface area (TPSA) is 67.0 Å². The van der Waals surface area contributed by atoms with Crippen molar-refractivity contribution in [2.24, 2.45) is 16.7 Å². The maximum atomic E-state index is 13.0. The van der Waals surface area contributed by atoms with Gasteiger partial charge in [0.05, 0.1) is 12.3 Å². The molecule has 3 unspecified atom stereocenters. The second-order valence-corrected chi connectivity index (χ2v) is 9.63. The normalized spacial score (nSPS) is 27.9. The molecule has 2 bridgehead atoms. The zero-order valence-corrected chi connectivity index (χ0v) is 17.7. The third-order valence-electron chi connectivity index (χ3n) is 7.01. The first kappa shape index (κ1) is 19.5. The highest BCUT2D eigenvalue weighted by Crippen LogP contribution is 2.62. The Balaban J connectivity index is 1.53. The largest absolute Gasteiger partial charge is 0.380 e. The lowest BCUT2D eigenvalue weighted by Gasteiger charge is -2.43. The molecule has 5 nitrogen and oxygen atoms in total. The van der Waals surface area contributed by atoms with Crippen molar-refractivity contribution in [3.05, 3.63) is 40.5 Å². The Hall–Kier alpha value is -1.85. The van der Waals surface area contributed by atoms with Crippen molar-refractivity contribution < 1.29 is 9.53 Å². The van der Waals surface area contributed by atoms with E-state index in [9.17, 15) is 4.79 Å². The van der Waals surface area contributed by atoms with Gasteiger partial charge in [-0.25, -0.2) is 0 Å². The molecule has 4 rings (SSSR count). The van der Waals surface area contributed by atoms with Crippen LogP contribution in [0.15, 0.2) is 24.3 Å². The summed E-state index contributed by atoms with van der Waals surface area (Å²) >= 11 is 6.21. The second kappa shape index (κ2) is 6.89. The molecule has 2 aliphatic rings. The van der Waals surface area contributed by atoms with E-state index in [1.807, 2.05) is 18.2 Å². The van der Waals surface area contributed by atoms with Crippen LogP contribution in [0.4, 0.5) is 0 Å². The van der Waals surface area contributed by atoms with E-state index in [0.29, 0.717) is 23.2 Å². The number of rotatable bonds is 5. The number of H-pyrrole nitrogens is 1. The van der Waals surface area contributed by atoms with Gasteiger partial charge in [-0.3, -0.25) is 9.89 Å². The third kappa shape index (κ3) is 3.15. The Kier molecular flexibility index (Phi) is 4.79. The van der Waals surface area contributed by atoms with Gasteiger partial charge < -0.3 is 10.1 Å². The predicted octanol–water partition coefficient (Wildman–Crippen LogP) is 4.82. The summed E-state index contributed by atoms with van der Waals surface area (Å²) in [6, 6.07) is 7.67. The summed E-state index contributed by atoms with van der Waals surface area (Å²) in [5.74, 6) is 0.602. The molecule has 6 heteroatoms. The van der Waals surface area contributed by atoms with Crippen LogP contribution < -0.4 is 5.32 Å². The number of benzene rings is 1. The molecule has 3 atom stereocenters. The number of carbonyl (C=O) groups is 1. The van der Waals surface area contributed by atoms with Crippen LogP contribution in [0.3, 0.4) is 0 Å². The van der Waals surface area contributed by atoms with Gasteiger partial charge in [-0.1, -0.05) is 38.4 Å². The van der Waals surface area contributed by atoms with Crippen LogP contribution in [-0.4, -0.2) is 29.3 Å². The first-order chi connectivity index (χ1) is 13.2. The van der Waals surface area contributed by atoms with Gasteiger partial charge in [0.25, 0.3) is 5.91 Å². The highest BCUT2D eigenvalue weighted by Gasteiger charge is 2.59. The van der Waals surface area contributed by atoms with Crippen LogP contribution in [0.25, 0.3) is 11.3 Å². The van der Waals surface area contributed by atoms with Gasteiger partial charge in [0.15, 0.2) is 0 Å². The number of hydrogen-bond acceptors (Lipinski definition) is 3. The van der Waals surface area contributed by atoms with Crippen LogP contribution in [0.1, 0.15) is 56.1 Å². The van der Waals surface area contributed by atoms with Crippen LogP contribution in [0.2, 0.25) is 5.02 Å². The van der Waals surface area contributed by atoms with Gasteiger partial charge in [0.2, 0.25) is 0 Å². The Morgan fingerprint density at radius 2 is 2.14 bits per heavy atom. The minimum atomic E-state index is -0.0864. The molecule has 0 spiro atoms. The number of aromatic nitrogens is 2. The predicted molar refractivity (Wildman–Crippen MR) is 110 cm³/mol. The number of nitrogens with one attached hydrogen (secondary N) is 2. The molecule has 2 saturated carbocycles. The number of aromatic amines is 1. The van der Waals surface area contributed by atoms with Crippen LogP contribution in [-0.2, 0) is 11.3 Å². The molecule has 1 heterocycles. The lowest BCUT2D eigenvalue weighted by atomic mass is 9.68. The number of halogens is 1. The van der Waals surface area contributed by atoms with Crippen LogP contribution in [0, 0.1) is 16.7 Å². The summed E-state index contributed by atoms with van der Waals surface area (Å²) in [5, 5.41) is 11.2. The van der Waals surface area contributed by atoms with E-state index in [-0.39, 0.29) is 22.8 Å². The molecule has 28 heavy (non-hydrogen) atoms. The molecule has 0 radical (unpaired) electrons. The molecular weight excluding hydrogens is 374 g/mol. The number of hydrogen-bond donors (Lipinski definition) is 2. The zero-order valence-electron chi connectivity index (χ0n) is 16.9. The van der Waals surface area contributed by atoms with Crippen LogP contribution >= 0.6 is 11.6 Å². The highest BCUT2D eigenvalue weighted by molar-refractivity contribution is 6.31. The van der Waals surface area contributed by atoms with E-state index in [4.69, 9.17) is 16.3 Å². The van der Waals surface area contributed by atoms with Gasteiger partial charge >= 0.3 is 0 Å². The molecule has 0 aliphatic heterocycles. The van der Waals surface area contributed by atoms with Crippen molar-refractivity contribution in [3.63, 3.8) is 0 Å². The molecule has 2 N–H and O–H groups in total. The summed E-state index contributed by atoms with van der Waals surface area (Å²) in [4.78, 5) is 13.0. The lowest BCUT2D eigenvalue weighted by Crippen LogP contribution is -2.52. The molecule has 150 valence electrons. The van der Waals surface area contributed by atoms with Gasteiger partial charge in [-0.2, -0.15) is 5.10 Å². The number of amides is 1. The molecule has 2 fully saturated rings. The van der Waals surface area contributed by atoms with E-state index < -0.39 is 0 Å². The van der Waals surface area contributed by atoms with E-state index in [2.05, 4.69) is 36.3 Å². The fraction of sp³-hybridized carbons (Fsp3) is 0.545. The molecular formula is C22H28ClN3O2. The Labute approximate surface area is 171 Å². The van der Waals surface area contributed by atoms with E-state index in [1.165, 1.54) is 19.3 Å². The fourth-order valence-corrected chi connectivity index (χ4v) is 5.63. The lowest BCUT2D eigenvalue weighted by molar-refractivity contribution is 0.0733. The van der Waals surface area contributed by atoms with Crippen LogP contribution in [0.5, 0.6) is 0 Å². The quantitative estimate of drug-likeness (QED) is 0.754. The zero-order chi connectivity index (χ0) is 20.1. The maximum absolute atomic E-state index is 13.0. The van der Waals surface area contributed by atoms with Crippen molar-refractivity contribution in [2.45, 2.75) is 52.7 Å². The molecule has 2 aliphatic carbocycles. The van der Waals surface area contributed by atoms with Crippen molar-refractivity contribution in [1.82, 2.24) is 15.5 Å². The second-order valence-electron chi connectivity index (χ2n) is 9.23. The molecule has 1 aromatic heterocycles. The van der Waals surface area contributed by atoms with Gasteiger partial charge in [0.1, 0.15) is 5.69 Å². The summed E-state index contributed by atoms with van der Waals surface area (Å²) in [6.45, 7) is 7.32. The summed E-state index contributed by atoms with van der Waals surface area (Å²) in [6.07, 6.45) is 3.66. The average Bonchev–Trinajstić information content (AvgIpc) is 3.32. The molecule has 1 amide bonds. The standard InChI is InChI=1S/C22H28ClN3O2/c1-21(2)15-7-8-22(3,11-15)20(21)24-19(27)18-10-17(25-26-18)13-5-6-16(23)14(9-13)12-28-4/h5-6,9-10,15,20H,7-8,11-12H2,1-4H3,(H,24,27)(H,25,26).